The van der Waals surface area contributed by atoms with Crippen LogP contribution in [0, 0.1) is 5.92 Å². The Labute approximate surface area is 106 Å². The molecule has 0 heterocycles. The summed E-state index contributed by atoms with van der Waals surface area (Å²) in [4.78, 5) is 11.7. The predicted molar refractivity (Wildman–Crippen MR) is 68.1 cm³/mol. The van der Waals surface area contributed by atoms with Crippen LogP contribution in [0.15, 0.2) is 18.2 Å². The first-order valence-corrected chi connectivity index (χ1v) is 6.27. The van der Waals surface area contributed by atoms with E-state index in [0.717, 1.165) is 12.3 Å². The molecule has 0 amide bonds. The maximum atomic E-state index is 11.7. The number of anilines is 1. The highest BCUT2D eigenvalue weighted by atomic mass is 35.5. The van der Waals surface area contributed by atoms with Gasteiger partial charge in [0.25, 0.3) is 0 Å². The van der Waals surface area contributed by atoms with Crippen LogP contribution in [0.4, 0.5) is 5.69 Å². The van der Waals surface area contributed by atoms with Crippen LogP contribution in [-0.2, 0) is 4.74 Å². The summed E-state index contributed by atoms with van der Waals surface area (Å²) in [5.41, 5.74) is 6.37. The van der Waals surface area contributed by atoms with Crippen molar-refractivity contribution in [2.45, 2.75) is 25.7 Å². The van der Waals surface area contributed by atoms with Crippen molar-refractivity contribution >= 4 is 23.3 Å². The van der Waals surface area contributed by atoms with Crippen LogP contribution in [0.2, 0.25) is 5.02 Å². The molecule has 4 heteroatoms. The molecule has 0 unspecified atom stereocenters. The Morgan fingerprint density at radius 3 is 2.88 bits per heavy atom. The van der Waals surface area contributed by atoms with Gasteiger partial charge in [0.05, 0.1) is 22.9 Å². The number of hydrogen-bond donors (Lipinski definition) is 1. The number of ether oxygens (including phenoxy) is 1. The quantitative estimate of drug-likeness (QED) is 0.662. The summed E-state index contributed by atoms with van der Waals surface area (Å²) in [7, 11) is 0. The Hall–Kier alpha value is -1.22. The van der Waals surface area contributed by atoms with E-state index in [1.54, 1.807) is 18.2 Å². The van der Waals surface area contributed by atoms with Gasteiger partial charge in [-0.3, -0.25) is 0 Å². The molecule has 1 aliphatic rings. The average Bonchev–Trinajstić information content (AvgIpc) is 2.25. The van der Waals surface area contributed by atoms with Crippen molar-refractivity contribution in [1.29, 1.82) is 0 Å². The zero-order valence-corrected chi connectivity index (χ0v) is 10.4. The van der Waals surface area contributed by atoms with Crippen molar-refractivity contribution in [1.82, 2.24) is 0 Å². The lowest BCUT2D eigenvalue weighted by atomic mass is 9.83. The van der Waals surface area contributed by atoms with Gasteiger partial charge in [-0.15, -0.1) is 0 Å². The second-order valence-electron chi connectivity index (χ2n) is 4.42. The van der Waals surface area contributed by atoms with E-state index in [0.29, 0.717) is 22.9 Å². The highest BCUT2D eigenvalue weighted by Crippen LogP contribution is 2.29. The molecule has 17 heavy (non-hydrogen) atoms. The van der Waals surface area contributed by atoms with Crippen LogP contribution >= 0.6 is 11.6 Å². The molecule has 0 aromatic heterocycles. The summed E-state index contributed by atoms with van der Waals surface area (Å²) in [6.07, 6.45) is 4.78. The van der Waals surface area contributed by atoms with Crippen molar-refractivity contribution in [3.05, 3.63) is 28.8 Å². The molecule has 0 aliphatic heterocycles. The standard InChI is InChI=1S/C13H16ClNO2/c14-11-6-2-5-10(12(11)15)13(16)17-8-7-9-3-1-4-9/h2,5-6,9H,1,3-4,7-8,15H2. The van der Waals surface area contributed by atoms with E-state index in [9.17, 15) is 4.79 Å². The maximum Gasteiger partial charge on any atom is 0.340 e. The molecule has 0 bridgehead atoms. The number of nitrogen functional groups attached to an aromatic ring is 1. The molecule has 0 atom stereocenters. The van der Waals surface area contributed by atoms with Gasteiger partial charge in [0, 0.05) is 0 Å². The van der Waals surface area contributed by atoms with Crippen LogP contribution in [0.3, 0.4) is 0 Å². The third-order valence-corrected chi connectivity index (χ3v) is 3.59. The minimum atomic E-state index is -0.385. The second-order valence-corrected chi connectivity index (χ2v) is 4.83. The molecule has 0 saturated heterocycles. The number of carbonyl (C=O) groups excluding carboxylic acids is 1. The van der Waals surface area contributed by atoms with Crippen molar-refractivity contribution in [2.24, 2.45) is 5.92 Å². The second kappa shape index (κ2) is 5.41. The van der Waals surface area contributed by atoms with Gasteiger partial charge in [-0.05, 0) is 24.5 Å². The molecule has 1 aliphatic carbocycles. The van der Waals surface area contributed by atoms with Crippen LogP contribution in [0.25, 0.3) is 0 Å². The van der Waals surface area contributed by atoms with E-state index in [1.807, 2.05) is 0 Å². The minimum Gasteiger partial charge on any atom is -0.462 e. The Bertz CT molecular complexity index is 416. The van der Waals surface area contributed by atoms with Crippen molar-refractivity contribution in [3.8, 4) is 0 Å². The van der Waals surface area contributed by atoms with Gasteiger partial charge in [-0.25, -0.2) is 4.79 Å². The smallest absolute Gasteiger partial charge is 0.340 e. The lowest BCUT2D eigenvalue weighted by Gasteiger charge is -2.24. The summed E-state index contributed by atoms with van der Waals surface area (Å²) < 4.78 is 5.19. The Kier molecular flexibility index (Phi) is 3.89. The van der Waals surface area contributed by atoms with E-state index in [2.05, 4.69) is 0 Å². The molecule has 92 valence electrons. The fourth-order valence-electron chi connectivity index (χ4n) is 1.89. The number of nitrogens with two attached hydrogens (primary N) is 1. The number of para-hydroxylation sites is 1. The summed E-state index contributed by atoms with van der Waals surface area (Å²) in [5, 5.41) is 0.387. The van der Waals surface area contributed by atoms with Crippen molar-refractivity contribution in [3.63, 3.8) is 0 Å². The lowest BCUT2D eigenvalue weighted by molar-refractivity contribution is 0.0465. The minimum absolute atomic E-state index is 0.294. The number of esters is 1. The van der Waals surface area contributed by atoms with Crippen molar-refractivity contribution < 1.29 is 9.53 Å². The van der Waals surface area contributed by atoms with Gasteiger partial charge in [-0.2, -0.15) is 0 Å². The third kappa shape index (κ3) is 2.91. The van der Waals surface area contributed by atoms with E-state index in [1.165, 1.54) is 19.3 Å². The third-order valence-electron chi connectivity index (χ3n) is 3.26. The molecule has 2 N–H and O–H groups in total. The summed E-state index contributed by atoms with van der Waals surface area (Å²) in [5.74, 6) is 0.351. The zero-order chi connectivity index (χ0) is 12.3. The van der Waals surface area contributed by atoms with Gasteiger partial charge < -0.3 is 10.5 Å². The zero-order valence-electron chi connectivity index (χ0n) is 9.62. The van der Waals surface area contributed by atoms with Crippen LogP contribution in [0.5, 0.6) is 0 Å². The highest BCUT2D eigenvalue weighted by Gasteiger charge is 2.18. The van der Waals surface area contributed by atoms with Gasteiger partial charge in [0.1, 0.15) is 0 Å². The molecule has 1 fully saturated rings. The van der Waals surface area contributed by atoms with Gasteiger partial charge >= 0.3 is 5.97 Å². The number of rotatable bonds is 4. The maximum absolute atomic E-state index is 11.7. The molecule has 3 nitrogen and oxygen atoms in total. The number of carbonyl (C=O) groups is 1. The Balaban J connectivity index is 1.87. The van der Waals surface area contributed by atoms with Gasteiger partial charge in [0.2, 0.25) is 0 Å². The van der Waals surface area contributed by atoms with Crippen LogP contribution in [0.1, 0.15) is 36.0 Å². The summed E-state index contributed by atoms with van der Waals surface area (Å²) in [6, 6.07) is 4.98. The topological polar surface area (TPSA) is 52.3 Å². The van der Waals surface area contributed by atoms with Gasteiger partial charge in [-0.1, -0.05) is 36.9 Å². The molecule has 1 saturated carbocycles. The molecule has 1 aromatic carbocycles. The number of hydrogen-bond acceptors (Lipinski definition) is 3. The highest BCUT2D eigenvalue weighted by molar-refractivity contribution is 6.33. The van der Waals surface area contributed by atoms with E-state index in [-0.39, 0.29) is 5.97 Å². The fraction of sp³-hybridized carbons (Fsp3) is 0.462. The average molecular weight is 254 g/mol. The lowest BCUT2D eigenvalue weighted by Crippen LogP contribution is -2.16. The predicted octanol–water partition coefficient (Wildman–Crippen LogP) is 3.27. The van der Waals surface area contributed by atoms with E-state index >= 15 is 0 Å². The van der Waals surface area contributed by atoms with Crippen molar-refractivity contribution in [2.75, 3.05) is 12.3 Å². The fourth-order valence-corrected chi connectivity index (χ4v) is 2.07. The Morgan fingerprint density at radius 2 is 2.24 bits per heavy atom. The van der Waals surface area contributed by atoms with Crippen LogP contribution in [-0.4, -0.2) is 12.6 Å². The largest absolute Gasteiger partial charge is 0.462 e. The first-order valence-electron chi connectivity index (χ1n) is 5.89. The van der Waals surface area contributed by atoms with E-state index in [4.69, 9.17) is 22.1 Å². The van der Waals surface area contributed by atoms with Gasteiger partial charge in [0.15, 0.2) is 0 Å². The SMILES string of the molecule is Nc1c(Cl)cccc1C(=O)OCCC1CCC1. The Morgan fingerprint density at radius 1 is 1.47 bits per heavy atom. The summed E-state index contributed by atoms with van der Waals surface area (Å²) in [6.45, 7) is 0.468. The molecular formula is C13H16ClNO2. The first-order chi connectivity index (χ1) is 8.18. The number of halogens is 1. The monoisotopic (exact) mass is 253 g/mol. The van der Waals surface area contributed by atoms with E-state index < -0.39 is 0 Å². The number of benzene rings is 1. The molecular weight excluding hydrogens is 238 g/mol. The van der Waals surface area contributed by atoms with Crippen LogP contribution < -0.4 is 5.73 Å². The summed E-state index contributed by atoms with van der Waals surface area (Å²) >= 11 is 5.84. The normalized spacial score (nSPS) is 15.4. The molecule has 1 aromatic rings. The molecule has 0 radical (unpaired) electrons. The molecule has 2 rings (SSSR count). The molecule has 0 spiro atoms. The first kappa shape index (κ1) is 12.2.